The van der Waals surface area contributed by atoms with Gasteiger partial charge in [0.15, 0.2) is 5.03 Å². The summed E-state index contributed by atoms with van der Waals surface area (Å²) in [6, 6.07) is 11.6. The number of sulfonamides is 1. The van der Waals surface area contributed by atoms with Crippen LogP contribution in [0.5, 0.6) is 5.75 Å². The molecule has 3 aromatic rings. The lowest BCUT2D eigenvalue weighted by atomic mass is 10.0. The zero-order valence-corrected chi connectivity index (χ0v) is 23.5. The van der Waals surface area contributed by atoms with Crippen LogP contribution < -0.4 is 20.1 Å². The van der Waals surface area contributed by atoms with Crippen molar-refractivity contribution in [3.63, 3.8) is 0 Å². The van der Waals surface area contributed by atoms with E-state index in [2.05, 4.69) is 9.71 Å². The van der Waals surface area contributed by atoms with Crippen molar-refractivity contribution in [3.05, 3.63) is 59.9 Å². The summed E-state index contributed by atoms with van der Waals surface area (Å²) in [7, 11) is -4.30. The predicted molar refractivity (Wildman–Crippen MR) is 149 cm³/mol. The summed E-state index contributed by atoms with van der Waals surface area (Å²) >= 11 is 0. The maximum atomic E-state index is 14.5. The fourth-order valence-electron chi connectivity index (χ4n) is 4.74. The molecule has 1 amide bonds. The van der Waals surface area contributed by atoms with Gasteiger partial charge in [-0.3, -0.25) is 4.79 Å². The molecule has 0 spiro atoms. The molecule has 1 atom stereocenters. The number of nitrogens with two attached hydrogens (primary N) is 1. The third-order valence-electron chi connectivity index (χ3n) is 6.61. The number of amides is 1. The van der Waals surface area contributed by atoms with Crippen molar-refractivity contribution in [2.75, 3.05) is 17.2 Å². The first kappa shape index (κ1) is 28.3. The topological polar surface area (TPSA) is 128 Å². The Labute approximate surface area is 228 Å². The van der Waals surface area contributed by atoms with Crippen molar-refractivity contribution in [3.8, 4) is 17.0 Å². The number of nitrogens with one attached hydrogen (secondary N) is 1. The Morgan fingerprint density at radius 2 is 1.95 bits per heavy atom. The number of anilines is 2. The summed E-state index contributed by atoms with van der Waals surface area (Å²) in [5.74, 6) is -0.382. The lowest BCUT2D eigenvalue weighted by molar-refractivity contribution is 0.0981. The molecule has 39 heavy (non-hydrogen) atoms. The number of nitrogens with zero attached hydrogens (tertiary/aromatic N) is 3. The number of rotatable bonds is 8. The molecule has 2 aromatic heterocycles. The first-order valence-electron chi connectivity index (χ1n) is 12.8. The minimum Gasteiger partial charge on any atom is -0.493 e. The van der Waals surface area contributed by atoms with Gasteiger partial charge < -0.3 is 15.4 Å². The van der Waals surface area contributed by atoms with Gasteiger partial charge in [-0.05, 0) is 75.9 Å². The SMILES string of the molecule is CC(C)COc1cc(F)cc(-c2ccc(C(=O)NS(=O)(=O)c3cccc(N)n3)c(N3C(C)CCC3(C)C)n2)c1. The minimum absolute atomic E-state index is 0.0107. The monoisotopic (exact) mass is 555 g/mol. The van der Waals surface area contributed by atoms with Gasteiger partial charge in [0.1, 0.15) is 23.2 Å². The minimum atomic E-state index is -4.30. The number of ether oxygens (including phenoxy) is 1. The van der Waals surface area contributed by atoms with E-state index in [1.165, 1.54) is 36.4 Å². The van der Waals surface area contributed by atoms with Gasteiger partial charge in [-0.15, -0.1) is 0 Å². The molecular weight excluding hydrogens is 521 g/mol. The quantitative estimate of drug-likeness (QED) is 0.406. The van der Waals surface area contributed by atoms with Crippen molar-refractivity contribution >= 4 is 27.6 Å². The van der Waals surface area contributed by atoms with Crippen molar-refractivity contribution in [2.24, 2.45) is 5.92 Å². The second-order valence-corrected chi connectivity index (χ2v) is 12.5. The van der Waals surface area contributed by atoms with Crippen LogP contribution in [-0.2, 0) is 10.0 Å². The second-order valence-electron chi connectivity index (χ2n) is 10.9. The van der Waals surface area contributed by atoms with E-state index in [9.17, 15) is 17.6 Å². The first-order chi connectivity index (χ1) is 18.3. The van der Waals surface area contributed by atoms with E-state index in [0.717, 1.165) is 12.8 Å². The summed E-state index contributed by atoms with van der Waals surface area (Å²) in [5, 5.41) is -0.370. The van der Waals surface area contributed by atoms with Gasteiger partial charge in [0.05, 0.1) is 17.9 Å². The number of benzene rings is 1. The molecule has 208 valence electrons. The highest BCUT2D eigenvalue weighted by molar-refractivity contribution is 7.90. The van der Waals surface area contributed by atoms with Crippen molar-refractivity contribution < 1.29 is 22.3 Å². The number of pyridine rings is 2. The molecule has 4 rings (SSSR count). The Kier molecular flexibility index (Phi) is 7.83. The number of carbonyl (C=O) groups excluding carboxylic acids is 1. The number of halogens is 1. The van der Waals surface area contributed by atoms with Crippen molar-refractivity contribution in [1.29, 1.82) is 0 Å². The molecule has 0 radical (unpaired) electrons. The maximum absolute atomic E-state index is 14.5. The molecule has 1 aliphatic rings. The largest absolute Gasteiger partial charge is 0.493 e. The van der Waals surface area contributed by atoms with E-state index in [1.807, 2.05) is 39.5 Å². The van der Waals surface area contributed by atoms with Crippen molar-refractivity contribution in [1.82, 2.24) is 14.7 Å². The van der Waals surface area contributed by atoms with Crippen LogP contribution in [0.3, 0.4) is 0 Å². The van der Waals surface area contributed by atoms with Gasteiger partial charge in [-0.1, -0.05) is 19.9 Å². The van der Waals surface area contributed by atoms with E-state index in [0.29, 0.717) is 29.4 Å². The average molecular weight is 556 g/mol. The molecule has 1 unspecified atom stereocenters. The van der Waals surface area contributed by atoms with Crippen LogP contribution in [0, 0.1) is 11.7 Å². The van der Waals surface area contributed by atoms with E-state index >= 15 is 0 Å². The Morgan fingerprint density at radius 3 is 2.59 bits per heavy atom. The zero-order chi connectivity index (χ0) is 28.5. The van der Waals surface area contributed by atoms with Crippen LogP contribution in [0.1, 0.15) is 57.8 Å². The van der Waals surface area contributed by atoms with Crippen LogP contribution in [0.2, 0.25) is 0 Å². The Bertz CT molecular complexity index is 1490. The highest BCUT2D eigenvalue weighted by atomic mass is 32.2. The number of hydrogen-bond acceptors (Lipinski definition) is 8. The Balaban J connectivity index is 1.78. The maximum Gasteiger partial charge on any atom is 0.281 e. The fourth-order valence-corrected chi connectivity index (χ4v) is 5.68. The molecule has 1 saturated heterocycles. The molecule has 9 nitrogen and oxygen atoms in total. The average Bonchev–Trinajstić information content (AvgIpc) is 3.13. The number of hydrogen-bond donors (Lipinski definition) is 2. The number of aromatic nitrogens is 2. The summed E-state index contributed by atoms with van der Waals surface area (Å²) in [4.78, 5) is 24.1. The van der Waals surface area contributed by atoms with E-state index in [4.69, 9.17) is 15.5 Å². The molecule has 0 bridgehead atoms. The Hall–Kier alpha value is -3.73. The number of nitrogen functional groups attached to an aromatic ring is 1. The lowest BCUT2D eigenvalue weighted by Gasteiger charge is -2.37. The van der Waals surface area contributed by atoms with E-state index in [-0.39, 0.29) is 33.9 Å². The number of carbonyl (C=O) groups is 1. The van der Waals surface area contributed by atoms with Gasteiger partial charge in [0, 0.05) is 23.2 Å². The molecule has 1 fully saturated rings. The molecule has 1 aromatic carbocycles. The van der Waals surface area contributed by atoms with Gasteiger partial charge in [-0.2, -0.15) is 8.42 Å². The summed E-state index contributed by atoms with van der Waals surface area (Å²) in [6.45, 7) is 10.5. The standard InChI is InChI=1S/C28H34FN5O4S/c1-17(2)16-38-21-14-19(13-20(29)15-21)23-10-9-22(26(31-23)34-18(3)11-12-28(34,4)5)27(35)33-39(36,37)25-8-6-7-24(30)32-25/h6-10,13-15,17-18H,11-12,16H2,1-5H3,(H2,30,32)(H,33,35). The van der Waals surface area contributed by atoms with Crippen LogP contribution in [0.15, 0.2) is 53.6 Å². The third-order valence-corrected chi connectivity index (χ3v) is 7.84. The fraction of sp³-hybridized carbons (Fsp3) is 0.393. The van der Waals surface area contributed by atoms with Crippen LogP contribution in [0.4, 0.5) is 16.0 Å². The van der Waals surface area contributed by atoms with Crippen LogP contribution in [0.25, 0.3) is 11.3 Å². The van der Waals surface area contributed by atoms with Gasteiger partial charge in [0.25, 0.3) is 15.9 Å². The normalized spacial score (nSPS) is 16.9. The zero-order valence-electron chi connectivity index (χ0n) is 22.7. The smallest absolute Gasteiger partial charge is 0.281 e. The predicted octanol–water partition coefficient (Wildman–Crippen LogP) is 4.79. The summed E-state index contributed by atoms with van der Waals surface area (Å²) < 4.78 is 48.2. The molecule has 3 heterocycles. The molecule has 3 N–H and O–H groups in total. The Morgan fingerprint density at radius 1 is 1.21 bits per heavy atom. The van der Waals surface area contributed by atoms with Crippen LogP contribution >= 0.6 is 0 Å². The molecule has 0 aliphatic carbocycles. The van der Waals surface area contributed by atoms with E-state index in [1.54, 1.807) is 12.1 Å². The third kappa shape index (κ3) is 6.30. The summed E-state index contributed by atoms with van der Waals surface area (Å²) in [5.41, 5.74) is 6.24. The summed E-state index contributed by atoms with van der Waals surface area (Å²) in [6.07, 6.45) is 1.71. The second kappa shape index (κ2) is 10.8. The van der Waals surface area contributed by atoms with E-state index < -0.39 is 21.7 Å². The van der Waals surface area contributed by atoms with Crippen LogP contribution in [-0.4, -0.2) is 42.5 Å². The highest BCUT2D eigenvalue weighted by Crippen LogP contribution is 2.39. The molecule has 1 aliphatic heterocycles. The van der Waals surface area contributed by atoms with Gasteiger partial charge in [0.2, 0.25) is 0 Å². The molecule has 0 saturated carbocycles. The first-order valence-corrected chi connectivity index (χ1v) is 14.3. The molecule has 11 heteroatoms. The highest BCUT2D eigenvalue weighted by Gasteiger charge is 2.40. The van der Waals surface area contributed by atoms with Gasteiger partial charge in [-0.25, -0.2) is 19.1 Å². The molecular formula is C28H34FN5O4S. The lowest BCUT2D eigenvalue weighted by Crippen LogP contribution is -2.44. The van der Waals surface area contributed by atoms with Gasteiger partial charge >= 0.3 is 0 Å². The van der Waals surface area contributed by atoms with Crippen molar-refractivity contribution in [2.45, 2.75) is 64.1 Å².